The van der Waals surface area contributed by atoms with Crippen LogP contribution in [0.3, 0.4) is 0 Å². The molecule has 0 saturated heterocycles. The van der Waals surface area contributed by atoms with Gasteiger partial charge in [0.05, 0.1) is 16.8 Å². The van der Waals surface area contributed by atoms with E-state index in [2.05, 4.69) is 5.10 Å². The largest absolute Gasteiger partial charge is 0.397 e. The summed E-state index contributed by atoms with van der Waals surface area (Å²) in [6, 6.07) is 0.385. The van der Waals surface area contributed by atoms with Crippen LogP contribution in [0, 0.1) is 6.92 Å². The molecule has 102 valence electrons. The Kier molecular flexibility index (Phi) is 2.78. The summed E-state index contributed by atoms with van der Waals surface area (Å²) in [6.07, 6.45) is 3.43. The van der Waals surface area contributed by atoms with Crippen molar-refractivity contribution in [2.75, 3.05) is 12.8 Å². The van der Waals surface area contributed by atoms with E-state index in [0.717, 1.165) is 28.8 Å². The fraction of sp³-hybridized carbons (Fsp3) is 0.538. The summed E-state index contributed by atoms with van der Waals surface area (Å²) in [5.74, 6) is 0.0443. The maximum absolute atomic E-state index is 12.5. The average Bonchev–Trinajstić information content (AvgIpc) is 2.76. The Bertz CT molecular complexity index is 653. The van der Waals surface area contributed by atoms with Gasteiger partial charge >= 0.3 is 0 Å². The standard InChI is InChI=1S/C13H18N4OS/c1-7-9-10(14)11(19-13(9)17(3)15-7)12(18)16(2)8-5-4-6-8/h8H,4-6,14H2,1-3H3. The molecule has 0 spiro atoms. The minimum atomic E-state index is 0.0443. The van der Waals surface area contributed by atoms with Crippen LogP contribution in [-0.4, -0.2) is 33.7 Å². The van der Waals surface area contributed by atoms with Crippen molar-refractivity contribution in [3.63, 3.8) is 0 Å². The van der Waals surface area contributed by atoms with E-state index in [0.29, 0.717) is 16.6 Å². The summed E-state index contributed by atoms with van der Waals surface area (Å²) in [5, 5.41) is 5.27. The van der Waals surface area contributed by atoms with Gasteiger partial charge in [0.25, 0.3) is 5.91 Å². The molecule has 5 nitrogen and oxygen atoms in total. The van der Waals surface area contributed by atoms with Gasteiger partial charge in [-0.15, -0.1) is 11.3 Å². The van der Waals surface area contributed by atoms with Crippen LogP contribution in [0.1, 0.15) is 34.6 Å². The molecule has 19 heavy (non-hydrogen) atoms. The highest BCUT2D eigenvalue weighted by molar-refractivity contribution is 7.21. The maximum atomic E-state index is 12.5. The first kappa shape index (κ1) is 12.5. The lowest BCUT2D eigenvalue weighted by Gasteiger charge is -2.34. The normalized spacial score (nSPS) is 15.7. The molecule has 3 rings (SSSR count). The number of hydrogen-bond donors (Lipinski definition) is 1. The highest BCUT2D eigenvalue weighted by atomic mass is 32.1. The summed E-state index contributed by atoms with van der Waals surface area (Å²) in [4.78, 5) is 16.0. The monoisotopic (exact) mass is 278 g/mol. The number of aromatic nitrogens is 2. The lowest BCUT2D eigenvalue weighted by Crippen LogP contribution is -2.41. The van der Waals surface area contributed by atoms with E-state index in [1.807, 2.05) is 25.9 Å². The van der Waals surface area contributed by atoms with Gasteiger partial charge in [0.1, 0.15) is 9.71 Å². The third-order valence-electron chi connectivity index (χ3n) is 4.02. The molecule has 0 atom stereocenters. The van der Waals surface area contributed by atoms with Crippen molar-refractivity contribution < 1.29 is 4.79 Å². The van der Waals surface area contributed by atoms with Crippen LogP contribution >= 0.6 is 11.3 Å². The molecule has 6 heteroatoms. The number of nitrogens with zero attached hydrogens (tertiary/aromatic N) is 3. The Morgan fingerprint density at radius 1 is 1.53 bits per heavy atom. The number of hydrogen-bond acceptors (Lipinski definition) is 4. The number of thiophene rings is 1. The molecule has 2 N–H and O–H groups in total. The van der Waals surface area contributed by atoms with Gasteiger partial charge in [0, 0.05) is 20.1 Å². The summed E-state index contributed by atoms with van der Waals surface area (Å²) >= 11 is 1.44. The van der Waals surface area contributed by atoms with Gasteiger partial charge in [-0.25, -0.2) is 0 Å². The summed E-state index contributed by atoms with van der Waals surface area (Å²) in [6.45, 7) is 1.93. The van der Waals surface area contributed by atoms with E-state index in [1.165, 1.54) is 17.8 Å². The second kappa shape index (κ2) is 4.23. The summed E-state index contributed by atoms with van der Waals surface area (Å²) < 4.78 is 1.80. The van der Waals surface area contributed by atoms with Crippen molar-refractivity contribution in [1.29, 1.82) is 0 Å². The Morgan fingerprint density at radius 3 is 2.74 bits per heavy atom. The molecular formula is C13H18N4OS. The Labute approximate surface area is 116 Å². The van der Waals surface area contributed by atoms with Gasteiger partial charge in [0.2, 0.25) is 0 Å². The minimum Gasteiger partial charge on any atom is -0.397 e. The Morgan fingerprint density at radius 2 is 2.21 bits per heavy atom. The molecule has 0 bridgehead atoms. The quantitative estimate of drug-likeness (QED) is 0.915. The van der Waals surface area contributed by atoms with Crippen molar-refractivity contribution in [2.24, 2.45) is 7.05 Å². The third-order valence-corrected chi connectivity index (χ3v) is 5.28. The molecule has 1 saturated carbocycles. The first-order chi connectivity index (χ1) is 9.00. The predicted octanol–water partition coefficient (Wildman–Crippen LogP) is 2.15. The Balaban J connectivity index is 2.02. The molecule has 0 aliphatic heterocycles. The topological polar surface area (TPSA) is 64.2 Å². The number of amides is 1. The van der Waals surface area contributed by atoms with Crippen molar-refractivity contribution in [3.05, 3.63) is 10.6 Å². The van der Waals surface area contributed by atoms with Crippen molar-refractivity contribution in [1.82, 2.24) is 14.7 Å². The first-order valence-electron chi connectivity index (χ1n) is 6.49. The zero-order valence-electron chi connectivity index (χ0n) is 11.4. The second-order valence-electron chi connectivity index (χ2n) is 5.23. The molecule has 1 amide bonds. The smallest absolute Gasteiger partial charge is 0.266 e. The number of nitrogens with two attached hydrogens (primary N) is 1. The van der Waals surface area contributed by atoms with Crippen LogP contribution in [0.25, 0.3) is 10.2 Å². The van der Waals surface area contributed by atoms with E-state index in [1.54, 1.807) is 4.68 Å². The summed E-state index contributed by atoms with van der Waals surface area (Å²) in [5.41, 5.74) is 7.63. The van der Waals surface area contributed by atoms with Crippen molar-refractivity contribution in [2.45, 2.75) is 32.2 Å². The van der Waals surface area contributed by atoms with Gasteiger partial charge in [0.15, 0.2) is 0 Å². The van der Waals surface area contributed by atoms with Crippen LogP contribution < -0.4 is 5.73 Å². The number of anilines is 1. The number of fused-ring (bicyclic) bond motifs is 1. The van der Waals surface area contributed by atoms with E-state index in [9.17, 15) is 4.79 Å². The SMILES string of the molecule is Cc1nn(C)c2sc(C(=O)N(C)C3CCC3)c(N)c12. The van der Waals surface area contributed by atoms with Crippen LogP contribution in [0.4, 0.5) is 5.69 Å². The van der Waals surface area contributed by atoms with Crippen molar-refractivity contribution >= 4 is 33.1 Å². The van der Waals surface area contributed by atoms with Gasteiger partial charge in [-0.1, -0.05) is 0 Å². The number of nitrogen functional groups attached to an aromatic ring is 1. The molecule has 1 aliphatic carbocycles. The molecule has 2 aromatic heterocycles. The molecule has 0 aromatic carbocycles. The highest BCUT2D eigenvalue weighted by Crippen LogP contribution is 2.37. The van der Waals surface area contributed by atoms with Gasteiger partial charge in [-0.2, -0.15) is 5.10 Å². The van der Waals surface area contributed by atoms with E-state index < -0.39 is 0 Å². The summed E-state index contributed by atoms with van der Waals surface area (Å²) in [7, 11) is 3.76. The molecule has 0 radical (unpaired) electrons. The highest BCUT2D eigenvalue weighted by Gasteiger charge is 2.29. The zero-order chi connectivity index (χ0) is 13.7. The lowest BCUT2D eigenvalue weighted by atomic mass is 9.92. The number of carbonyl (C=O) groups excluding carboxylic acids is 1. The van der Waals surface area contributed by atoms with E-state index >= 15 is 0 Å². The van der Waals surface area contributed by atoms with Crippen LogP contribution in [0.5, 0.6) is 0 Å². The molecular weight excluding hydrogens is 260 g/mol. The lowest BCUT2D eigenvalue weighted by molar-refractivity contribution is 0.0658. The van der Waals surface area contributed by atoms with Gasteiger partial charge in [-0.05, 0) is 26.2 Å². The first-order valence-corrected chi connectivity index (χ1v) is 7.31. The van der Waals surface area contributed by atoms with E-state index in [-0.39, 0.29) is 5.91 Å². The van der Waals surface area contributed by atoms with E-state index in [4.69, 9.17) is 5.73 Å². The second-order valence-corrected chi connectivity index (χ2v) is 6.23. The average molecular weight is 278 g/mol. The fourth-order valence-corrected chi connectivity index (χ4v) is 3.76. The number of rotatable bonds is 2. The number of aryl methyl sites for hydroxylation is 2. The van der Waals surface area contributed by atoms with Crippen molar-refractivity contribution in [3.8, 4) is 0 Å². The fourth-order valence-electron chi connectivity index (χ4n) is 2.59. The van der Waals surface area contributed by atoms with Crippen LogP contribution in [-0.2, 0) is 7.05 Å². The van der Waals surface area contributed by atoms with Crippen LogP contribution in [0.15, 0.2) is 0 Å². The Hall–Kier alpha value is -1.56. The van der Waals surface area contributed by atoms with Crippen LogP contribution in [0.2, 0.25) is 0 Å². The predicted molar refractivity (Wildman–Crippen MR) is 77.5 cm³/mol. The zero-order valence-corrected chi connectivity index (χ0v) is 12.3. The molecule has 2 heterocycles. The minimum absolute atomic E-state index is 0.0443. The van der Waals surface area contributed by atoms with Gasteiger partial charge in [-0.3, -0.25) is 9.48 Å². The third kappa shape index (κ3) is 1.74. The van der Waals surface area contributed by atoms with Gasteiger partial charge < -0.3 is 10.6 Å². The molecule has 0 unspecified atom stereocenters. The maximum Gasteiger partial charge on any atom is 0.266 e. The molecule has 1 fully saturated rings. The molecule has 2 aromatic rings. The number of carbonyl (C=O) groups is 1. The molecule has 1 aliphatic rings.